The van der Waals surface area contributed by atoms with E-state index in [1.807, 2.05) is 13.8 Å². The first kappa shape index (κ1) is 21.1. The highest BCUT2D eigenvalue weighted by Gasteiger charge is 2.17. The van der Waals surface area contributed by atoms with E-state index in [1.54, 1.807) is 18.2 Å². The summed E-state index contributed by atoms with van der Waals surface area (Å²) in [6.45, 7) is 6.54. The summed E-state index contributed by atoms with van der Waals surface area (Å²) in [4.78, 5) is 11.8. The van der Waals surface area contributed by atoms with E-state index < -0.39 is 11.4 Å². The van der Waals surface area contributed by atoms with Crippen LogP contribution >= 0.6 is 0 Å². The lowest BCUT2D eigenvalue weighted by atomic mass is 10.1. The molecular formula is C22H32O5. The normalized spacial score (nSPS) is 11.3. The van der Waals surface area contributed by atoms with E-state index in [0.717, 1.165) is 12.8 Å². The Labute approximate surface area is 161 Å². The fraction of sp³-hybridized carbons (Fsp3) is 0.591. The van der Waals surface area contributed by atoms with Gasteiger partial charge in [0.05, 0.1) is 18.1 Å². The number of rotatable bonds is 12. The van der Waals surface area contributed by atoms with Crippen LogP contribution in [0.2, 0.25) is 0 Å². The SMILES string of the molecule is CCCCCCCCCCOc1ccc2c(OC(C)C)c(O)c(=O)oc2c1. The summed E-state index contributed by atoms with van der Waals surface area (Å²) in [6, 6.07) is 5.23. The molecule has 0 radical (unpaired) electrons. The van der Waals surface area contributed by atoms with Crippen LogP contribution in [0.1, 0.15) is 72.1 Å². The van der Waals surface area contributed by atoms with Crippen LogP contribution in [-0.2, 0) is 0 Å². The molecule has 0 atom stereocenters. The Kier molecular flexibility index (Phi) is 8.49. The predicted octanol–water partition coefficient (Wildman–Crippen LogP) is 5.81. The highest BCUT2D eigenvalue weighted by atomic mass is 16.5. The summed E-state index contributed by atoms with van der Waals surface area (Å²) < 4.78 is 16.6. The highest BCUT2D eigenvalue weighted by Crippen LogP contribution is 2.34. The van der Waals surface area contributed by atoms with Crippen molar-refractivity contribution in [2.75, 3.05) is 6.61 Å². The number of hydrogen-bond donors (Lipinski definition) is 1. The van der Waals surface area contributed by atoms with Gasteiger partial charge in [-0.1, -0.05) is 51.9 Å². The lowest BCUT2D eigenvalue weighted by molar-refractivity contribution is 0.231. The maximum absolute atomic E-state index is 11.8. The molecular weight excluding hydrogens is 344 g/mol. The van der Waals surface area contributed by atoms with E-state index in [4.69, 9.17) is 13.9 Å². The third-order valence-electron chi connectivity index (χ3n) is 4.43. The molecule has 150 valence electrons. The lowest BCUT2D eigenvalue weighted by Crippen LogP contribution is -2.09. The van der Waals surface area contributed by atoms with Gasteiger partial charge >= 0.3 is 5.63 Å². The fourth-order valence-electron chi connectivity index (χ4n) is 3.01. The first-order chi connectivity index (χ1) is 13.0. The van der Waals surface area contributed by atoms with Crippen molar-refractivity contribution in [1.29, 1.82) is 0 Å². The summed E-state index contributed by atoms with van der Waals surface area (Å²) in [7, 11) is 0. The molecule has 0 bridgehead atoms. The van der Waals surface area contributed by atoms with Crippen LogP contribution in [0.25, 0.3) is 11.0 Å². The van der Waals surface area contributed by atoms with E-state index in [0.29, 0.717) is 23.3 Å². The van der Waals surface area contributed by atoms with Crippen LogP contribution in [0.4, 0.5) is 0 Å². The number of unbranched alkanes of at least 4 members (excludes halogenated alkanes) is 7. The topological polar surface area (TPSA) is 68.9 Å². The molecule has 5 nitrogen and oxygen atoms in total. The van der Waals surface area contributed by atoms with E-state index in [2.05, 4.69) is 6.92 Å². The quantitative estimate of drug-likeness (QED) is 0.374. The smallest absolute Gasteiger partial charge is 0.382 e. The minimum atomic E-state index is -0.807. The molecule has 0 spiro atoms. The standard InChI is InChI=1S/C22H32O5/c1-4-5-6-7-8-9-10-11-14-25-17-12-13-18-19(15-17)27-22(24)20(23)21(18)26-16(2)3/h12-13,15-16,23H,4-11,14H2,1-3H3. The van der Waals surface area contributed by atoms with Crippen LogP contribution in [-0.4, -0.2) is 17.8 Å². The second-order valence-electron chi connectivity index (χ2n) is 7.22. The molecule has 0 saturated heterocycles. The molecule has 0 aliphatic carbocycles. The van der Waals surface area contributed by atoms with E-state index in [9.17, 15) is 9.90 Å². The predicted molar refractivity (Wildman–Crippen MR) is 108 cm³/mol. The van der Waals surface area contributed by atoms with Crippen molar-refractivity contribution in [3.8, 4) is 17.2 Å². The molecule has 0 saturated carbocycles. The van der Waals surface area contributed by atoms with Crippen molar-refractivity contribution >= 4 is 11.0 Å². The van der Waals surface area contributed by atoms with E-state index in [-0.39, 0.29) is 11.9 Å². The van der Waals surface area contributed by atoms with Crippen LogP contribution in [0, 0.1) is 0 Å². The average Bonchev–Trinajstić information content (AvgIpc) is 2.63. The van der Waals surface area contributed by atoms with Crippen molar-refractivity contribution in [1.82, 2.24) is 0 Å². The third kappa shape index (κ3) is 6.49. The summed E-state index contributed by atoms with van der Waals surface area (Å²) in [6.07, 6.45) is 9.83. The van der Waals surface area contributed by atoms with Gasteiger partial charge in [-0.2, -0.15) is 0 Å². The summed E-state index contributed by atoms with van der Waals surface area (Å²) in [5, 5.41) is 10.5. The van der Waals surface area contributed by atoms with Gasteiger partial charge in [0.15, 0.2) is 5.75 Å². The summed E-state index contributed by atoms with van der Waals surface area (Å²) in [5.74, 6) is 0.310. The van der Waals surface area contributed by atoms with Gasteiger partial charge in [-0.05, 0) is 32.4 Å². The second-order valence-corrected chi connectivity index (χ2v) is 7.22. The van der Waals surface area contributed by atoms with Gasteiger partial charge in [0.1, 0.15) is 11.3 Å². The van der Waals surface area contributed by atoms with Gasteiger partial charge in [-0.15, -0.1) is 0 Å². The Morgan fingerprint density at radius 2 is 1.70 bits per heavy atom. The van der Waals surface area contributed by atoms with Crippen molar-refractivity contribution in [3.05, 3.63) is 28.6 Å². The molecule has 0 aliphatic heterocycles. The molecule has 2 rings (SSSR count). The van der Waals surface area contributed by atoms with Gasteiger partial charge < -0.3 is 19.0 Å². The molecule has 0 fully saturated rings. The highest BCUT2D eigenvalue weighted by molar-refractivity contribution is 5.86. The van der Waals surface area contributed by atoms with Gasteiger partial charge in [-0.3, -0.25) is 0 Å². The summed E-state index contributed by atoms with van der Waals surface area (Å²) in [5.41, 5.74) is -0.458. The van der Waals surface area contributed by atoms with Gasteiger partial charge in [0.2, 0.25) is 5.75 Å². The molecule has 1 heterocycles. The van der Waals surface area contributed by atoms with Crippen molar-refractivity contribution in [3.63, 3.8) is 0 Å². The van der Waals surface area contributed by atoms with Crippen molar-refractivity contribution in [2.24, 2.45) is 0 Å². The van der Waals surface area contributed by atoms with Crippen LogP contribution in [0.3, 0.4) is 0 Å². The van der Waals surface area contributed by atoms with Crippen LogP contribution < -0.4 is 15.1 Å². The number of benzene rings is 1. The maximum Gasteiger partial charge on any atom is 0.382 e. The van der Waals surface area contributed by atoms with E-state index in [1.165, 1.54) is 38.5 Å². The largest absolute Gasteiger partial charge is 0.499 e. The minimum Gasteiger partial charge on any atom is -0.499 e. The molecule has 1 N–H and O–H groups in total. The molecule has 0 unspecified atom stereocenters. The molecule has 2 aromatic rings. The Morgan fingerprint density at radius 3 is 2.37 bits per heavy atom. The summed E-state index contributed by atoms with van der Waals surface area (Å²) >= 11 is 0. The Bertz CT molecular complexity index is 763. The van der Waals surface area contributed by atoms with Crippen LogP contribution in [0.5, 0.6) is 17.2 Å². The zero-order valence-electron chi connectivity index (χ0n) is 16.8. The Balaban J connectivity index is 1.89. The molecule has 5 heteroatoms. The first-order valence-corrected chi connectivity index (χ1v) is 10.1. The lowest BCUT2D eigenvalue weighted by Gasteiger charge is -2.13. The zero-order chi connectivity index (χ0) is 19.6. The molecule has 0 amide bonds. The monoisotopic (exact) mass is 376 g/mol. The van der Waals surface area contributed by atoms with Crippen molar-refractivity contribution < 1.29 is 19.0 Å². The molecule has 1 aromatic heterocycles. The van der Waals surface area contributed by atoms with Crippen molar-refractivity contribution in [2.45, 2.75) is 78.2 Å². The third-order valence-corrected chi connectivity index (χ3v) is 4.43. The van der Waals surface area contributed by atoms with Crippen LogP contribution in [0.15, 0.2) is 27.4 Å². The maximum atomic E-state index is 11.8. The number of hydrogen-bond acceptors (Lipinski definition) is 5. The molecule has 27 heavy (non-hydrogen) atoms. The fourth-order valence-corrected chi connectivity index (χ4v) is 3.01. The second kappa shape index (κ2) is 10.9. The number of fused-ring (bicyclic) bond motifs is 1. The number of aromatic hydroxyl groups is 1. The molecule has 0 aliphatic rings. The Hall–Kier alpha value is -2.17. The average molecular weight is 376 g/mol. The first-order valence-electron chi connectivity index (χ1n) is 10.1. The minimum absolute atomic E-state index is 0.158. The van der Waals surface area contributed by atoms with Gasteiger partial charge in [0.25, 0.3) is 0 Å². The van der Waals surface area contributed by atoms with Gasteiger partial charge in [0, 0.05) is 6.07 Å². The van der Waals surface area contributed by atoms with Gasteiger partial charge in [-0.25, -0.2) is 4.79 Å². The molecule has 1 aromatic carbocycles. The number of ether oxygens (including phenoxy) is 2. The Morgan fingerprint density at radius 1 is 1.04 bits per heavy atom. The zero-order valence-corrected chi connectivity index (χ0v) is 16.8. The van der Waals surface area contributed by atoms with E-state index >= 15 is 0 Å².